The Bertz CT molecular complexity index is 1030. The fourth-order valence-corrected chi connectivity index (χ4v) is 5.41. The Morgan fingerprint density at radius 1 is 1.40 bits per heavy atom. The van der Waals surface area contributed by atoms with Crippen molar-refractivity contribution in [1.29, 1.82) is 5.26 Å². The molecule has 0 fully saturated rings. The number of fused-ring (bicyclic) bond motifs is 1. The summed E-state index contributed by atoms with van der Waals surface area (Å²) in [6, 6.07) is 7.11. The molecule has 5 nitrogen and oxygen atoms in total. The lowest BCUT2D eigenvalue weighted by Gasteiger charge is -2.33. The second kappa shape index (κ2) is 8.93. The monoisotopic (exact) mass is 461 g/mol. The number of carbonyl (C=O) groups is 1. The first-order valence-corrected chi connectivity index (χ1v) is 11.2. The summed E-state index contributed by atoms with van der Waals surface area (Å²) < 4.78 is 5.23. The van der Waals surface area contributed by atoms with E-state index in [0.29, 0.717) is 27.3 Å². The summed E-state index contributed by atoms with van der Waals surface area (Å²) >= 11 is 12.9. The summed E-state index contributed by atoms with van der Waals surface area (Å²) in [5, 5.41) is 16.6. The quantitative estimate of drug-likeness (QED) is 0.585. The SMILES string of the molecule is COc1ccc(Cl)cc1C(=O)NC(=S)Nc1sc2c(c1C#N)CCC(C(C)(C)C)C2. The Kier molecular flexibility index (Phi) is 6.71. The van der Waals surface area contributed by atoms with Gasteiger partial charge in [0.2, 0.25) is 0 Å². The van der Waals surface area contributed by atoms with Gasteiger partial charge in [-0.05, 0) is 66.6 Å². The van der Waals surface area contributed by atoms with Crippen LogP contribution in [0.1, 0.15) is 53.6 Å². The number of rotatable bonds is 3. The van der Waals surface area contributed by atoms with Gasteiger partial charge in [-0.15, -0.1) is 11.3 Å². The lowest BCUT2D eigenvalue weighted by atomic mass is 9.72. The highest BCUT2D eigenvalue weighted by molar-refractivity contribution is 7.80. The lowest BCUT2D eigenvalue weighted by molar-refractivity contribution is 0.0975. The predicted molar refractivity (Wildman–Crippen MR) is 126 cm³/mol. The molecule has 1 unspecified atom stereocenters. The maximum atomic E-state index is 12.6. The van der Waals surface area contributed by atoms with Gasteiger partial charge in [-0.3, -0.25) is 10.1 Å². The van der Waals surface area contributed by atoms with Gasteiger partial charge in [-0.2, -0.15) is 5.26 Å². The van der Waals surface area contributed by atoms with Crippen molar-refractivity contribution in [1.82, 2.24) is 5.32 Å². The second-order valence-electron chi connectivity index (χ2n) is 8.38. The van der Waals surface area contributed by atoms with Crippen molar-refractivity contribution in [3.05, 3.63) is 44.8 Å². The highest BCUT2D eigenvalue weighted by Crippen LogP contribution is 2.44. The third kappa shape index (κ3) is 4.77. The molecule has 0 spiro atoms. The van der Waals surface area contributed by atoms with E-state index in [1.165, 1.54) is 18.1 Å². The number of nitrogens with one attached hydrogen (secondary N) is 2. The Hall–Kier alpha value is -2.14. The van der Waals surface area contributed by atoms with Crippen LogP contribution in [0.4, 0.5) is 5.00 Å². The Balaban J connectivity index is 1.77. The highest BCUT2D eigenvalue weighted by Gasteiger charge is 2.32. The number of thiophene rings is 1. The van der Waals surface area contributed by atoms with E-state index in [4.69, 9.17) is 28.6 Å². The van der Waals surface area contributed by atoms with E-state index < -0.39 is 5.91 Å². The molecule has 1 aromatic heterocycles. The smallest absolute Gasteiger partial charge is 0.261 e. The van der Waals surface area contributed by atoms with Crippen LogP contribution in [0, 0.1) is 22.7 Å². The summed E-state index contributed by atoms with van der Waals surface area (Å²) in [5.74, 6) is 0.543. The van der Waals surface area contributed by atoms with Crippen LogP contribution in [-0.4, -0.2) is 18.1 Å². The van der Waals surface area contributed by atoms with Crippen LogP contribution < -0.4 is 15.4 Å². The van der Waals surface area contributed by atoms with Crippen LogP contribution in [0.2, 0.25) is 5.02 Å². The molecule has 0 bridgehead atoms. The van der Waals surface area contributed by atoms with Crippen LogP contribution >= 0.6 is 35.2 Å². The van der Waals surface area contributed by atoms with Crippen LogP contribution in [0.3, 0.4) is 0 Å². The summed E-state index contributed by atoms with van der Waals surface area (Å²) in [7, 11) is 1.48. The van der Waals surface area contributed by atoms with Crippen molar-refractivity contribution in [2.75, 3.05) is 12.4 Å². The van der Waals surface area contributed by atoms with E-state index in [2.05, 4.69) is 37.5 Å². The first-order chi connectivity index (χ1) is 14.1. The number of amides is 1. The van der Waals surface area contributed by atoms with Gasteiger partial charge in [-0.25, -0.2) is 0 Å². The van der Waals surface area contributed by atoms with E-state index in [0.717, 1.165) is 24.8 Å². The zero-order valence-electron chi connectivity index (χ0n) is 17.4. The zero-order chi connectivity index (χ0) is 22.1. The number of methoxy groups -OCH3 is 1. The Morgan fingerprint density at radius 2 is 2.13 bits per heavy atom. The number of anilines is 1. The molecule has 0 saturated heterocycles. The molecule has 1 aliphatic rings. The molecule has 158 valence electrons. The summed E-state index contributed by atoms with van der Waals surface area (Å²) in [5.41, 5.74) is 2.24. The maximum absolute atomic E-state index is 12.6. The second-order valence-corrected chi connectivity index (χ2v) is 10.3. The van der Waals surface area contributed by atoms with Gasteiger partial charge in [-0.1, -0.05) is 32.4 Å². The van der Waals surface area contributed by atoms with Crippen LogP contribution in [0.5, 0.6) is 5.75 Å². The first kappa shape index (κ1) is 22.5. The molecule has 1 aliphatic carbocycles. The lowest BCUT2D eigenvalue weighted by Crippen LogP contribution is -2.34. The van der Waals surface area contributed by atoms with Crippen molar-refractivity contribution >= 4 is 51.2 Å². The number of nitrogens with zero attached hydrogens (tertiary/aromatic N) is 1. The van der Waals surface area contributed by atoms with E-state index >= 15 is 0 Å². The van der Waals surface area contributed by atoms with Crippen molar-refractivity contribution in [3.63, 3.8) is 0 Å². The number of hydrogen-bond acceptors (Lipinski definition) is 5. The van der Waals surface area contributed by atoms with Crippen molar-refractivity contribution in [2.45, 2.75) is 40.0 Å². The number of carbonyl (C=O) groups excluding carboxylic acids is 1. The molecule has 0 radical (unpaired) electrons. The van der Waals surface area contributed by atoms with E-state index in [1.807, 2.05) is 0 Å². The van der Waals surface area contributed by atoms with E-state index in [-0.39, 0.29) is 16.1 Å². The average Bonchev–Trinajstić information content (AvgIpc) is 3.02. The Labute approximate surface area is 191 Å². The molecule has 30 heavy (non-hydrogen) atoms. The molecule has 1 atom stereocenters. The van der Waals surface area contributed by atoms with Gasteiger partial charge >= 0.3 is 0 Å². The molecule has 1 amide bonds. The van der Waals surface area contributed by atoms with Gasteiger partial charge in [0.15, 0.2) is 5.11 Å². The molecule has 1 aromatic carbocycles. The molecular weight excluding hydrogens is 438 g/mol. The van der Waals surface area contributed by atoms with Gasteiger partial charge in [0, 0.05) is 9.90 Å². The van der Waals surface area contributed by atoms with Crippen molar-refractivity contribution in [2.24, 2.45) is 11.3 Å². The molecular formula is C22H24ClN3O2S2. The van der Waals surface area contributed by atoms with Gasteiger partial charge in [0.25, 0.3) is 5.91 Å². The molecule has 0 saturated carbocycles. The third-order valence-corrected chi connectivity index (χ3v) is 7.07. The first-order valence-electron chi connectivity index (χ1n) is 9.64. The Morgan fingerprint density at radius 3 is 2.77 bits per heavy atom. The summed E-state index contributed by atoms with van der Waals surface area (Å²) in [4.78, 5) is 13.9. The maximum Gasteiger partial charge on any atom is 0.261 e. The zero-order valence-corrected chi connectivity index (χ0v) is 19.8. The molecule has 0 aliphatic heterocycles. The minimum Gasteiger partial charge on any atom is -0.496 e. The minimum absolute atomic E-state index is 0.129. The van der Waals surface area contributed by atoms with Gasteiger partial charge < -0.3 is 10.1 Å². The molecule has 3 rings (SSSR count). The number of halogens is 1. The fourth-order valence-electron chi connectivity index (χ4n) is 3.69. The topological polar surface area (TPSA) is 74.2 Å². The predicted octanol–water partition coefficient (Wildman–Crippen LogP) is 5.56. The van der Waals surface area contributed by atoms with Crippen molar-refractivity contribution in [3.8, 4) is 11.8 Å². The largest absolute Gasteiger partial charge is 0.496 e. The van der Waals surface area contributed by atoms with Crippen LogP contribution in [-0.2, 0) is 12.8 Å². The molecule has 2 aromatic rings. The summed E-state index contributed by atoms with van der Waals surface area (Å²) in [6.07, 6.45) is 2.91. The molecule has 8 heteroatoms. The van der Waals surface area contributed by atoms with Gasteiger partial charge in [0.1, 0.15) is 16.8 Å². The van der Waals surface area contributed by atoms with Crippen LogP contribution in [0.25, 0.3) is 0 Å². The normalized spacial score (nSPS) is 15.7. The van der Waals surface area contributed by atoms with Gasteiger partial charge in [0.05, 0.1) is 18.2 Å². The standard InChI is InChI=1S/C22H24ClN3O2S2/c1-22(2,3)12-5-7-14-16(11-24)20(30-18(14)9-12)26-21(29)25-19(27)15-10-13(23)6-8-17(15)28-4/h6,8,10,12H,5,7,9H2,1-4H3,(H2,25,26,27,29). The fraction of sp³-hybridized carbons (Fsp3) is 0.409. The minimum atomic E-state index is -0.431. The van der Waals surface area contributed by atoms with Crippen LogP contribution in [0.15, 0.2) is 18.2 Å². The number of thiocarbonyl (C=S) groups is 1. The van der Waals surface area contributed by atoms with E-state index in [1.54, 1.807) is 23.5 Å². The molecule has 1 heterocycles. The number of ether oxygens (including phenoxy) is 1. The third-order valence-electron chi connectivity index (χ3n) is 5.46. The summed E-state index contributed by atoms with van der Waals surface area (Å²) in [6.45, 7) is 6.78. The highest BCUT2D eigenvalue weighted by atomic mass is 35.5. The number of nitriles is 1. The number of hydrogen-bond donors (Lipinski definition) is 2. The molecule has 2 N–H and O–H groups in total. The average molecular weight is 462 g/mol. The number of benzene rings is 1. The van der Waals surface area contributed by atoms with Crippen molar-refractivity contribution < 1.29 is 9.53 Å². The van der Waals surface area contributed by atoms with E-state index in [9.17, 15) is 10.1 Å².